The van der Waals surface area contributed by atoms with E-state index in [1.165, 1.54) is 7.11 Å². The monoisotopic (exact) mass is 414 g/mol. The molecule has 3 rings (SSSR count). The number of hydrogen-bond acceptors (Lipinski definition) is 5. The molecule has 1 saturated heterocycles. The van der Waals surface area contributed by atoms with Crippen LogP contribution in [0.2, 0.25) is 0 Å². The van der Waals surface area contributed by atoms with Gasteiger partial charge in [0.15, 0.2) is 5.11 Å². The molecule has 0 aromatic heterocycles. The van der Waals surface area contributed by atoms with Gasteiger partial charge in [0.1, 0.15) is 17.0 Å². The number of thiocarbonyl (C=S) groups is 1. The second-order valence-corrected chi connectivity index (χ2v) is 6.98. The van der Waals surface area contributed by atoms with Crippen LogP contribution in [0, 0.1) is 0 Å². The van der Waals surface area contributed by atoms with Gasteiger partial charge < -0.3 is 20.1 Å². The molecule has 1 fully saturated rings. The lowest BCUT2D eigenvalue weighted by molar-refractivity contribution is -0.132. The fourth-order valence-electron chi connectivity index (χ4n) is 2.94. The molecule has 3 N–H and O–H groups in total. The number of ether oxygens (including phenoxy) is 2. The molecule has 29 heavy (non-hydrogen) atoms. The van der Waals surface area contributed by atoms with Crippen molar-refractivity contribution < 1.29 is 19.1 Å². The molecular weight excluding hydrogens is 392 g/mol. The lowest BCUT2D eigenvalue weighted by Crippen LogP contribution is -2.51. The second kappa shape index (κ2) is 8.36. The normalized spacial score (nSPS) is 18.2. The van der Waals surface area contributed by atoms with Crippen LogP contribution >= 0.6 is 12.2 Å². The predicted octanol–water partition coefficient (Wildman–Crippen LogP) is 2.05. The van der Waals surface area contributed by atoms with Crippen LogP contribution in [-0.4, -0.2) is 36.3 Å². The Balaban J connectivity index is 1.65. The Morgan fingerprint density at radius 1 is 1.10 bits per heavy atom. The van der Waals surface area contributed by atoms with Crippen LogP contribution in [0.25, 0.3) is 0 Å². The molecule has 1 aliphatic heterocycles. The highest BCUT2D eigenvalue weighted by atomic mass is 32.1. The number of methoxy groups -OCH3 is 2. The number of hydrazine groups is 1. The van der Waals surface area contributed by atoms with E-state index in [1.54, 1.807) is 38.3 Å². The van der Waals surface area contributed by atoms with Gasteiger partial charge in [-0.15, -0.1) is 0 Å². The third kappa shape index (κ3) is 4.24. The van der Waals surface area contributed by atoms with Crippen molar-refractivity contribution >= 4 is 29.3 Å². The molecule has 0 saturated carbocycles. The molecule has 3 amide bonds. The summed E-state index contributed by atoms with van der Waals surface area (Å²) in [6, 6.07) is 13.9. The van der Waals surface area contributed by atoms with Crippen LogP contribution in [0.3, 0.4) is 0 Å². The maximum atomic E-state index is 13.0. The summed E-state index contributed by atoms with van der Waals surface area (Å²) in [6.45, 7) is 2.06. The molecule has 1 aliphatic rings. The highest BCUT2D eigenvalue weighted by molar-refractivity contribution is 7.80. The van der Waals surface area contributed by atoms with E-state index in [1.807, 2.05) is 24.3 Å². The fraction of sp³-hybridized carbons (Fsp3) is 0.250. The van der Waals surface area contributed by atoms with Gasteiger partial charge in [0, 0.05) is 6.54 Å². The van der Waals surface area contributed by atoms with Gasteiger partial charge in [-0.05, 0) is 54.5 Å². The molecule has 8 nitrogen and oxygen atoms in total. The standard InChI is InChI=1S/C20H22N4O4S/c1-20(14-5-4-6-16(11-14)28-3)17(25)24(19(26)22-20)23-18(29)21-12-13-7-9-15(27-2)10-8-13/h4-11H,12H2,1-3H3,(H,22,26)(H2,21,23,29). The number of imide groups is 1. The maximum Gasteiger partial charge on any atom is 0.344 e. The van der Waals surface area contributed by atoms with Crippen LogP contribution < -0.4 is 25.5 Å². The highest BCUT2D eigenvalue weighted by Crippen LogP contribution is 2.30. The van der Waals surface area contributed by atoms with Crippen LogP contribution in [0.4, 0.5) is 4.79 Å². The molecule has 9 heteroatoms. The summed E-state index contributed by atoms with van der Waals surface area (Å²) >= 11 is 5.23. The first-order chi connectivity index (χ1) is 13.9. The molecule has 2 aromatic carbocycles. The number of nitrogens with zero attached hydrogens (tertiary/aromatic N) is 1. The van der Waals surface area contributed by atoms with Crippen molar-refractivity contribution in [1.29, 1.82) is 0 Å². The van der Waals surface area contributed by atoms with Gasteiger partial charge in [0.05, 0.1) is 14.2 Å². The number of nitrogens with one attached hydrogen (secondary N) is 3. The van der Waals surface area contributed by atoms with Crippen molar-refractivity contribution in [2.45, 2.75) is 19.0 Å². The number of amides is 3. The van der Waals surface area contributed by atoms with Gasteiger partial charge in [-0.3, -0.25) is 10.2 Å². The van der Waals surface area contributed by atoms with E-state index in [0.717, 1.165) is 16.3 Å². The van der Waals surface area contributed by atoms with E-state index in [2.05, 4.69) is 16.1 Å². The quantitative estimate of drug-likeness (QED) is 0.492. The molecule has 1 heterocycles. The van der Waals surface area contributed by atoms with Crippen molar-refractivity contribution in [3.8, 4) is 11.5 Å². The van der Waals surface area contributed by atoms with Crippen molar-refractivity contribution in [2.24, 2.45) is 0 Å². The topological polar surface area (TPSA) is 91.9 Å². The summed E-state index contributed by atoms with van der Waals surface area (Å²) in [4.78, 5) is 25.4. The zero-order chi connectivity index (χ0) is 21.0. The third-order valence-corrected chi connectivity index (χ3v) is 4.90. The maximum absolute atomic E-state index is 13.0. The number of carbonyl (C=O) groups is 2. The first-order valence-electron chi connectivity index (χ1n) is 8.86. The van der Waals surface area contributed by atoms with Crippen molar-refractivity contribution in [3.63, 3.8) is 0 Å². The average Bonchev–Trinajstić information content (AvgIpc) is 2.96. The van der Waals surface area contributed by atoms with Crippen LogP contribution in [0.5, 0.6) is 11.5 Å². The van der Waals surface area contributed by atoms with Crippen molar-refractivity contribution in [3.05, 3.63) is 59.7 Å². The van der Waals surface area contributed by atoms with Gasteiger partial charge >= 0.3 is 6.03 Å². The van der Waals surface area contributed by atoms with Crippen molar-refractivity contribution in [1.82, 2.24) is 21.1 Å². The summed E-state index contributed by atoms with van der Waals surface area (Å²) < 4.78 is 10.3. The average molecular weight is 414 g/mol. The first-order valence-corrected chi connectivity index (χ1v) is 9.27. The van der Waals surface area contributed by atoms with Gasteiger partial charge in [-0.2, -0.15) is 5.01 Å². The fourth-order valence-corrected chi connectivity index (χ4v) is 3.10. The number of hydrogen-bond donors (Lipinski definition) is 3. The Labute approximate surface area is 174 Å². The molecule has 1 unspecified atom stereocenters. The van der Waals surface area contributed by atoms with Crippen LogP contribution in [-0.2, 0) is 16.9 Å². The highest BCUT2D eigenvalue weighted by Gasteiger charge is 2.49. The Hall–Kier alpha value is -3.33. The van der Waals surface area contributed by atoms with E-state index >= 15 is 0 Å². The molecular formula is C20H22N4O4S. The third-order valence-electron chi connectivity index (χ3n) is 4.66. The molecule has 152 valence electrons. The van der Waals surface area contributed by atoms with Crippen molar-refractivity contribution in [2.75, 3.05) is 14.2 Å². The number of benzene rings is 2. The van der Waals surface area contributed by atoms with Gasteiger partial charge in [0.2, 0.25) is 0 Å². The minimum absolute atomic E-state index is 0.152. The number of carbonyl (C=O) groups excluding carboxylic acids is 2. The molecule has 1 atom stereocenters. The largest absolute Gasteiger partial charge is 0.497 e. The molecule has 0 bridgehead atoms. The number of urea groups is 1. The van der Waals surface area contributed by atoms with E-state index in [0.29, 0.717) is 17.9 Å². The minimum Gasteiger partial charge on any atom is -0.497 e. The van der Waals surface area contributed by atoms with Gasteiger partial charge in [0.25, 0.3) is 5.91 Å². The number of rotatable bonds is 6. The Morgan fingerprint density at radius 3 is 2.45 bits per heavy atom. The first kappa shape index (κ1) is 20.4. The molecule has 2 aromatic rings. The van der Waals surface area contributed by atoms with E-state index < -0.39 is 17.5 Å². The zero-order valence-corrected chi connectivity index (χ0v) is 17.1. The SMILES string of the molecule is COc1ccc(CNC(=S)NN2C(=O)NC(C)(c3cccc(OC)c3)C2=O)cc1. The summed E-state index contributed by atoms with van der Waals surface area (Å²) in [5, 5.41) is 6.71. The Kier molecular flexibility index (Phi) is 5.88. The Bertz CT molecular complexity index is 934. The second-order valence-electron chi connectivity index (χ2n) is 6.57. The summed E-state index contributed by atoms with van der Waals surface area (Å²) in [7, 11) is 3.14. The summed E-state index contributed by atoms with van der Waals surface area (Å²) in [6.07, 6.45) is 0. The summed E-state index contributed by atoms with van der Waals surface area (Å²) in [5.41, 5.74) is 3.00. The smallest absolute Gasteiger partial charge is 0.344 e. The van der Waals surface area contributed by atoms with Crippen LogP contribution in [0.15, 0.2) is 48.5 Å². The molecule has 0 radical (unpaired) electrons. The van der Waals surface area contributed by atoms with Crippen LogP contribution in [0.1, 0.15) is 18.1 Å². The Morgan fingerprint density at radius 2 is 1.79 bits per heavy atom. The summed E-state index contributed by atoms with van der Waals surface area (Å²) in [5.74, 6) is 0.879. The molecule has 0 aliphatic carbocycles. The lowest BCUT2D eigenvalue weighted by Gasteiger charge is -2.23. The van der Waals surface area contributed by atoms with Gasteiger partial charge in [-0.1, -0.05) is 24.3 Å². The lowest BCUT2D eigenvalue weighted by atomic mass is 9.92. The van der Waals surface area contributed by atoms with E-state index in [-0.39, 0.29) is 5.11 Å². The van der Waals surface area contributed by atoms with Gasteiger partial charge in [-0.25, -0.2) is 4.79 Å². The molecule has 0 spiro atoms. The predicted molar refractivity (Wildman–Crippen MR) is 111 cm³/mol. The zero-order valence-electron chi connectivity index (χ0n) is 16.3. The van der Waals surface area contributed by atoms with E-state index in [4.69, 9.17) is 21.7 Å². The minimum atomic E-state index is -1.23. The van der Waals surface area contributed by atoms with E-state index in [9.17, 15) is 9.59 Å².